The van der Waals surface area contributed by atoms with Gasteiger partial charge in [-0.05, 0) is 23.8 Å². The molecule has 0 aromatic heterocycles. The minimum atomic E-state index is 0.0945. The minimum Gasteiger partial charge on any atom is -0.493 e. The number of hydrogen-bond donors (Lipinski definition) is 1. The summed E-state index contributed by atoms with van der Waals surface area (Å²) in [6.45, 7) is 5.41. The zero-order valence-electron chi connectivity index (χ0n) is 12.2. The Morgan fingerprint density at radius 3 is 2.86 bits per heavy atom. The number of nitrogens with one attached hydrogen (secondary N) is 1. The average Bonchev–Trinajstić information content (AvgIpc) is 2.46. The van der Waals surface area contributed by atoms with Crippen molar-refractivity contribution in [2.24, 2.45) is 5.92 Å². The normalized spacial score (nSPS) is 24.9. The Morgan fingerprint density at radius 1 is 1.19 bits per heavy atom. The van der Waals surface area contributed by atoms with Gasteiger partial charge in [-0.2, -0.15) is 0 Å². The molecule has 0 saturated carbocycles. The maximum absolute atomic E-state index is 6.05. The van der Waals surface area contributed by atoms with E-state index in [0.29, 0.717) is 12.0 Å². The van der Waals surface area contributed by atoms with Crippen molar-refractivity contribution in [3.05, 3.63) is 58.1 Å². The fraction of sp³-hybridized carbons (Fsp3) is 0.333. The summed E-state index contributed by atoms with van der Waals surface area (Å²) >= 11 is 3.53. The van der Waals surface area contributed by atoms with Crippen LogP contribution in [0.1, 0.15) is 31.0 Å². The first-order valence-electron chi connectivity index (χ1n) is 7.35. The summed E-state index contributed by atoms with van der Waals surface area (Å²) in [6.07, 6.45) is 0. The molecule has 2 atom stereocenters. The summed E-state index contributed by atoms with van der Waals surface area (Å²) in [6, 6.07) is 15.3. The van der Waals surface area contributed by atoms with Crippen molar-refractivity contribution in [2.75, 3.05) is 11.9 Å². The molecule has 1 N–H and O–H groups in total. The van der Waals surface area contributed by atoms with Gasteiger partial charge in [-0.25, -0.2) is 0 Å². The quantitative estimate of drug-likeness (QED) is 0.734. The average molecular weight is 344 g/mol. The fourth-order valence-electron chi connectivity index (χ4n) is 3.72. The molecule has 0 amide bonds. The molecule has 0 spiro atoms. The molecule has 0 saturated heterocycles. The predicted octanol–water partition coefficient (Wildman–Crippen LogP) is 4.90. The summed E-state index contributed by atoms with van der Waals surface area (Å²) < 4.78 is 7.12. The standard InChI is InChI=1S/C18H18BrNO/c1-18(2)13-5-3-4-6-15(13)20-17-12-8-7-11(19)9-16(12)21-10-14(17)18/h3-9,14,17,20H,10H2,1-2H3/t14-,17+/m1/s1. The lowest BCUT2D eigenvalue weighted by molar-refractivity contribution is 0.135. The summed E-state index contributed by atoms with van der Waals surface area (Å²) in [4.78, 5) is 0. The number of para-hydroxylation sites is 1. The molecule has 0 unspecified atom stereocenters. The van der Waals surface area contributed by atoms with Crippen LogP contribution in [0, 0.1) is 5.92 Å². The van der Waals surface area contributed by atoms with Gasteiger partial charge in [0.05, 0.1) is 12.6 Å². The predicted molar refractivity (Wildman–Crippen MR) is 89.0 cm³/mol. The molecule has 4 rings (SSSR count). The monoisotopic (exact) mass is 343 g/mol. The first-order valence-corrected chi connectivity index (χ1v) is 8.15. The number of fused-ring (bicyclic) bond motifs is 4. The molecule has 2 nitrogen and oxygen atoms in total. The molecule has 0 bridgehead atoms. The van der Waals surface area contributed by atoms with Gasteiger partial charge in [0.15, 0.2) is 0 Å². The second kappa shape index (κ2) is 4.51. The summed E-state index contributed by atoms with van der Waals surface area (Å²) in [5.74, 6) is 1.43. The molecule has 0 fully saturated rings. The van der Waals surface area contributed by atoms with Gasteiger partial charge >= 0.3 is 0 Å². The third-order valence-electron chi connectivity index (χ3n) is 4.99. The summed E-state index contributed by atoms with van der Waals surface area (Å²) in [7, 11) is 0. The van der Waals surface area contributed by atoms with Gasteiger partial charge in [0.1, 0.15) is 5.75 Å². The zero-order valence-corrected chi connectivity index (χ0v) is 13.8. The van der Waals surface area contributed by atoms with Crippen molar-refractivity contribution in [3.63, 3.8) is 0 Å². The highest BCUT2D eigenvalue weighted by Crippen LogP contribution is 2.52. The van der Waals surface area contributed by atoms with Crippen LogP contribution >= 0.6 is 15.9 Å². The minimum absolute atomic E-state index is 0.0945. The van der Waals surface area contributed by atoms with Crippen LogP contribution in [0.15, 0.2) is 46.9 Å². The number of hydrogen-bond acceptors (Lipinski definition) is 2. The molecular weight excluding hydrogens is 326 g/mol. The molecule has 0 radical (unpaired) electrons. The Kier molecular flexibility index (Phi) is 2.83. The first kappa shape index (κ1) is 13.2. The van der Waals surface area contributed by atoms with Gasteiger partial charge in [0.25, 0.3) is 0 Å². The third kappa shape index (κ3) is 1.90. The third-order valence-corrected chi connectivity index (χ3v) is 5.48. The van der Waals surface area contributed by atoms with E-state index in [9.17, 15) is 0 Å². The number of rotatable bonds is 0. The molecule has 2 aromatic carbocycles. The number of ether oxygens (including phenoxy) is 1. The molecule has 0 aliphatic carbocycles. The maximum Gasteiger partial charge on any atom is 0.125 e. The Bertz CT molecular complexity index is 710. The van der Waals surface area contributed by atoms with Crippen LogP contribution in [0.4, 0.5) is 5.69 Å². The van der Waals surface area contributed by atoms with Crippen LogP contribution in [-0.2, 0) is 5.41 Å². The topological polar surface area (TPSA) is 21.3 Å². The van der Waals surface area contributed by atoms with E-state index in [1.807, 2.05) is 0 Å². The van der Waals surface area contributed by atoms with Gasteiger partial charge in [0.2, 0.25) is 0 Å². The Labute approximate surface area is 133 Å². The first-order chi connectivity index (χ1) is 10.1. The van der Waals surface area contributed by atoms with Crippen molar-refractivity contribution in [1.29, 1.82) is 0 Å². The van der Waals surface area contributed by atoms with E-state index in [4.69, 9.17) is 4.74 Å². The second-order valence-electron chi connectivity index (χ2n) is 6.49. The van der Waals surface area contributed by atoms with Gasteiger partial charge < -0.3 is 10.1 Å². The number of benzene rings is 2. The highest BCUT2D eigenvalue weighted by Gasteiger charge is 2.46. The van der Waals surface area contributed by atoms with E-state index >= 15 is 0 Å². The van der Waals surface area contributed by atoms with Crippen LogP contribution in [0.25, 0.3) is 0 Å². The molecule has 2 heterocycles. The van der Waals surface area contributed by atoms with Crippen molar-refractivity contribution in [1.82, 2.24) is 0 Å². The van der Waals surface area contributed by atoms with Crippen molar-refractivity contribution >= 4 is 21.6 Å². The Morgan fingerprint density at radius 2 is 2.00 bits per heavy atom. The van der Waals surface area contributed by atoms with Crippen molar-refractivity contribution in [2.45, 2.75) is 25.3 Å². The van der Waals surface area contributed by atoms with Gasteiger partial charge in [0, 0.05) is 27.1 Å². The molecule has 2 aliphatic heterocycles. The number of anilines is 1. The van der Waals surface area contributed by atoms with Gasteiger partial charge in [-0.3, -0.25) is 0 Å². The van der Waals surface area contributed by atoms with E-state index in [-0.39, 0.29) is 5.41 Å². The second-order valence-corrected chi connectivity index (χ2v) is 7.40. The van der Waals surface area contributed by atoms with Crippen LogP contribution in [0.5, 0.6) is 5.75 Å². The highest BCUT2D eigenvalue weighted by molar-refractivity contribution is 9.10. The van der Waals surface area contributed by atoms with E-state index in [0.717, 1.165) is 16.8 Å². The smallest absolute Gasteiger partial charge is 0.125 e. The SMILES string of the molecule is CC1(C)c2ccccc2N[C@H]2c3ccc(Br)cc3OC[C@H]21. The largest absolute Gasteiger partial charge is 0.493 e. The Hall–Kier alpha value is -1.48. The lowest BCUT2D eigenvalue weighted by atomic mass is 9.65. The molecular formula is C18H18BrNO. The molecule has 21 heavy (non-hydrogen) atoms. The van der Waals surface area contributed by atoms with Crippen LogP contribution in [-0.4, -0.2) is 6.61 Å². The van der Waals surface area contributed by atoms with Gasteiger partial charge in [-0.15, -0.1) is 0 Å². The maximum atomic E-state index is 6.05. The summed E-state index contributed by atoms with van der Waals surface area (Å²) in [5.41, 5.74) is 3.99. The molecule has 2 aliphatic rings. The summed E-state index contributed by atoms with van der Waals surface area (Å²) in [5, 5.41) is 3.73. The van der Waals surface area contributed by atoms with E-state index in [2.05, 4.69) is 77.6 Å². The number of halogens is 1. The lowest BCUT2D eigenvalue weighted by Gasteiger charge is -2.48. The van der Waals surface area contributed by atoms with Crippen molar-refractivity contribution in [3.8, 4) is 5.75 Å². The molecule has 108 valence electrons. The fourth-order valence-corrected chi connectivity index (χ4v) is 4.06. The van der Waals surface area contributed by atoms with Crippen LogP contribution < -0.4 is 10.1 Å². The highest BCUT2D eigenvalue weighted by atomic mass is 79.9. The lowest BCUT2D eigenvalue weighted by Crippen LogP contribution is -2.46. The van der Waals surface area contributed by atoms with Gasteiger partial charge in [-0.1, -0.05) is 54.0 Å². The van der Waals surface area contributed by atoms with Crippen LogP contribution in [0.3, 0.4) is 0 Å². The van der Waals surface area contributed by atoms with E-state index in [1.54, 1.807) is 0 Å². The van der Waals surface area contributed by atoms with Crippen LogP contribution in [0.2, 0.25) is 0 Å². The molecule has 2 aromatic rings. The van der Waals surface area contributed by atoms with E-state index < -0.39 is 0 Å². The van der Waals surface area contributed by atoms with E-state index in [1.165, 1.54) is 16.8 Å². The molecule has 3 heteroatoms. The zero-order chi connectivity index (χ0) is 14.6. The Balaban J connectivity index is 1.87. The van der Waals surface area contributed by atoms with Crippen molar-refractivity contribution < 1.29 is 4.74 Å².